The molecule has 0 aliphatic rings. The van der Waals surface area contributed by atoms with E-state index in [-0.39, 0.29) is 15.7 Å². The molecule has 0 unspecified atom stereocenters. The zero-order chi connectivity index (χ0) is 8.15. The molecule has 0 spiro atoms. The van der Waals surface area contributed by atoms with Crippen LogP contribution in [0.15, 0.2) is 0 Å². The number of nitrogens with zero attached hydrogens (tertiary/aromatic N) is 1. The van der Waals surface area contributed by atoms with E-state index in [4.69, 9.17) is 0 Å². The van der Waals surface area contributed by atoms with Crippen LogP contribution in [0, 0.1) is 0 Å². The molecule has 0 radical (unpaired) electrons. The van der Waals surface area contributed by atoms with Crippen LogP contribution in [-0.4, -0.2) is 47.1 Å². The minimum Gasteiger partial charge on any atom is -0.464 e. The summed E-state index contributed by atoms with van der Waals surface area (Å²) in [6.45, 7) is 8.95. The highest BCUT2D eigenvalue weighted by Gasteiger charge is 2.05. The molecule has 0 amide bonds. The summed E-state index contributed by atoms with van der Waals surface area (Å²) in [7, 11) is 0. The summed E-state index contributed by atoms with van der Waals surface area (Å²) in [5.74, 6) is 0. The normalized spacial score (nSPS) is 11.5. The Morgan fingerprint density at radius 2 is 1.80 bits per heavy atom. The molecular weight excluding hydrogens is 154 g/mol. The molecular formula is C6H18Al2N2. The number of rotatable bonds is 4. The van der Waals surface area contributed by atoms with Crippen molar-refractivity contribution in [3.8, 4) is 0 Å². The van der Waals surface area contributed by atoms with Crippen molar-refractivity contribution < 1.29 is 0 Å². The highest BCUT2D eigenvalue weighted by molar-refractivity contribution is 6.39. The molecule has 0 heterocycles. The average Bonchev–Trinajstić information content (AvgIpc) is 1.82. The van der Waals surface area contributed by atoms with Crippen LogP contribution in [0.3, 0.4) is 0 Å². The van der Waals surface area contributed by atoms with Crippen molar-refractivity contribution in [1.82, 2.24) is 7.17 Å². The first kappa shape index (κ1) is 11.0. The average molecular weight is 172 g/mol. The second kappa shape index (κ2) is 5.61. The second-order valence-corrected chi connectivity index (χ2v) is 7.50. The lowest BCUT2D eigenvalue weighted by Crippen LogP contribution is -2.43. The molecule has 0 aliphatic heterocycles. The van der Waals surface area contributed by atoms with Crippen LogP contribution in [0.2, 0.25) is 0 Å². The van der Waals surface area contributed by atoms with Gasteiger partial charge in [-0.25, -0.2) is 0 Å². The van der Waals surface area contributed by atoms with Gasteiger partial charge in [0.15, 0.2) is 0 Å². The lowest BCUT2D eigenvalue weighted by Gasteiger charge is -2.23. The molecule has 0 fully saturated rings. The van der Waals surface area contributed by atoms with Gasteiger partial charge in [0.1, 0.15) is 0 Å². The topological polar surface area (TPSA) is 15.3 Å². The van der Waals surface area contributed by atoms with Gasteiger partial charge in [-0.2, -0.15) is 0 Å². The van der Waals surface area contributed by atoms with Crippen LogP contribution in [0.1, 0.15) is 27.7 Å². The molecule has 0 saturated carbocycles. The van der Waals surface area contributed by atoms with Crippen molar-refractivity contribution in [2.45, 2.75) is 39.8 Å². The molecule has 0 rings (SSSR count). The van der Waals surface area contributed by atoms with Gasteiger partial charge in [-0.1, -0.05) is 27.7 Å². The molecule has 0 aromatic carbocycles. The van der Waals surface area contributed by atoms with E-state index < -0.39 is 0 Å². The predicted molar refractivity (Wildman–Crippen MR) is 50.9 cm³/mol. The van der Waals surface area contributed by atoms with Gasteiger partial charge in [-0.05, 0) is 12.1 Å². The molecule has 0 aliphatic carbocycles. The minimum atomic E-state index is -0.114. The Kier molecular flexibility index (Phi) is 6.16. The van der Waals surface area contributed by atoms with Crippen molar-refractivity contribution in [3.05, 3.63) is 0 Å². The van der Waals surface area contributed by atoms with E-state index in [2.05, 4.69) is 34.9 Å². The third-order valence-corrected chi connectivity index (χ3v) is 5.84. The van der Waals surface area contributed by atoms with Crippen molar-refractivity contribution in [2.75, 3.05) is 0 Å². The molecule has 10 heavy (non-hydrogen) atoms. The van der Waals surface area contributed by atoms with E-state index in [0.717, 1.165) is 6.04 Å². The van der Waals surface area contributed by atoms with Crippen LogP contribution >= 0.6 is 0 Å². The monoisotopic (exact) mass is 172 g/mol. The Morgan fingerprint density at radius 1 is 1.30 bits per heavy atom. The molecule has 0 bridgehead atoms. The van der Waals surface area contributed by atoms with Crippen molar-refractivity contribution in [2.24, 2.45) is 0 Å². The summed E-state index contributed by atoms with van der Waals surface area (Å²) in [5.41, 5.74) is 0. The zero-order valence-corrected chi connectivity index (χ0v) is 11.2. The fourth-order valence-electron chi connectivity index (χ4n) is 0.509. The Hall–Kier alpha value is 0.985. The molecule has 1 N–H and O–H groups in total. The van der Waals surface area contributed by atoms with Crippen LogP contribution in [0.4, 0.5) is 0 Å². The van der Waals surface area contributed by atoms with Crippen LogP contribution in [-0.2, 0) is 0 Å². The van der Waals surface area contributed by atoms with Gasteiger partial charge in [0.05, 0.1) is 0 Å². The Balaban J connectivity index is 3.30. The maximum atomic E-state index is 3.53. The van der Waals surface area contributed by atoms with E-state index in [9.17, 15) is 0 Å². The third kappa shape index (κ3) is 5.75. The molecule has 58 valence electrons. The van der Waals surface area contributed by atoms with E-state index in [1.54, 1.807) is 0 Å². The highest BCUT2D eigenvalue weighted by atomic mass is 27.2. The zero-order valence-electron chi connectivity index (χ0n) is 7.81. The predicted octanol–water partition coefficient (Wildman–Crippen LogP) is -0.491. The minimum absolute atomic E-state index is 0.114. The van der Waals surface area contributed by atoms with Crippen LogP contribution in [0.5, 0.6) is 0 Å². The van der Waals surface area contributed by atoms with Gasteiger partial charge in [-0.15, -0.1) is 0 Å². The Bertz CT molecular complexity index is 85.8. The summed E-state index contributed by atoms with van der Waals surface area (Å²) in [4.78, 5) is 0. The largest absolute Gasteiger partial charge is 0.464 e. The van der Waals surface area contributed by atoms with Gasteiger partial charge in [0, 0.05) is 0 Å². The summed E-state index contributed by atoms with van der Waals surface area (Å²) >= 11 is 1.10. The van der Waals surface area contributed by atoms with Gasteiger partial charge < -0.3 is 7.17 Å². The second-order valence-electron chi connectivity index (χ2n) is 3.37. The summed E-state index contributed by atoms with van der Waals surface area (Å²) in [5, 5.41) is 0. The summed E-state index contributed by atoms with van der Waals surface area (Å²) < 4.78 is 6.08. The van der Waals surface area contributed by atoms with Gasteiger partial charge in [-0.3, -0.25) is 0 Å². The number of nitrogens with one attached hydrogen (secondary N) is 1. The molecule has 2 nitrogen and oxygen atoms in total. The lowest BCUT2D eigenvalue weighted by molar-refractivity contribution is 0.541. The number of hydrogen-bond acceptors (Lipinski definition) is 2. The number of hydrogen-bond donors (Lipinski definition) is 1. The lowest BCUT2D eigenvalue weighted by atomic mass is 10.4. The van der Waals surface area contributed by atoms with Crippen molar-refractivity contribution in [3.63, 3.8) is 0 Å². The van der Waals surface area contributed by atoms with Crippen molar-refractivity contribution >= 4 is 32.2 Å². The first-order chi connectivity index (χ1) is 4.54. The molecule has 0 atom stereocenters. The molecule has 0 saturated heterocycles. The van der Waals surface area contributed by atoms with Gasteiger partial charge in [0.25, 0.3) is 16.5 Å². The summed E-state index contributed by atoms with van der Waals surface area (Å²) in [6.07, 6.45) is 0. The fourth-order valence-corrected chi connectivity index (χ4v) is 2.08. The standard InChI is InChI=1S/C3H8N.C3H7N.2Al.3H/c2*1-3(2)4;;;;;/h3-4H,1-2H3;3H,1-2H3;;;;;/q-1;;;+1;;;. The van der Waals surface area contributed by atoms with Crippen LogP contribution < -0.4 is 4.30 Å². The molecule has 0 aromatic rings. The summed E-state index contributed by atoms with van der Waals surface area (Å²) in [6, 6.07) is 1.42. The molecule has 4 heteroatoms. The highest BCUT2D eigenvalue weighted by Crippen LogP contribution is 1.87. The maximum Gasteiger partial charge on any atom is 0.437 e. The Morgan fingerprint density at radius 3 is 2.10 bits per heavy atom. The van der Waals surface area contributed by atoms with Crippen LogP contribution in [0.25, 0.3) is 0 Å². The van der Waals surface area contributed by atoms with E-state index >= 15 is 0 Å². The first-order valence-electron chi connectivity index (χ1n) is 3.97. The van der Waals surface area contributed by atoms with E-state index in [0.29, 0.717) is 6.04 Å². The fraction of sp³-hybridized carbons (Fsp3) is 1.00. The quantitative estimate of drug-likeness (QED) is 0.576. The smallest absolute Gasteiger partial charge is 0.437 e. The van der Waals surface area contributed by atoms with Gasteiger partial charge in [0.2, 0.25) is 0 Å². The first-order valence-corrected chi connectivity index (χ1v) is 6.21. The van der Waals surface area contributed by atoms with E-state index in [1.165, 1.54) is 16.5 Å². The van der Waals surface area contributed by atoms with E-state index in [1.807, 2.05) is 0 Å². The maximum absolute atomic E-state index is 3.53. The molecule has 0 aromatic heterocycles. The Labute approximate surface area is 79.1 Å². The van der Waals surface area contributed by atoms with Crippen molar-refractivity contribution in [1.29, 1.82) is 0 Å². The van der Waals surface area contributed by atoms with Gasteiger partial charge >= 0.3 is 15.7 Å². The third-order valence-electron chi connectivity index (χ3n) is 1.63. The SMILES string of the molecule is CC(C)[NH][AlH][N]([AlH2])C(C)C.